The van der Waals surface area contributed by atoms with Crippen LogP contribution in [0.25, 0.3) is 0 Å². The van der Waals surface area contributed by atoms with Crippen molar-refractivity contribution in [2.45, 2.75) is 143 Å². The van der Waals surface area contributed by atoms with Crippen molar-refractivity contribution >= 4 is 20.6 Å². The molecule has 2 unspecified atom stereocenters. The lowest BCUT2D eigenvalue weighted by Gasteiger charge is -2.34. The molecule has 3 aromatic rings. The number of fused-ring (bicyclic) bond motifs is 2. The maximum atomic E-state index is 13.9. The van der Waals surface area contributed by atoms with Crippen LogP contribution in [0.4, 0.5) is 5.69 Å². The van der Waals surface area contributed by atoms with Crippen LogP contribution in [-0.4, -0.2) is 21.1 Å². The topological polar surface area (TPSA) is 47.6 Å². The number of hydrogen-bond donors (Lipinski definition) is 1. The lowest BCUT2D eigenvalue weighted by molar-refractivity contribution is -0.116. The minimum absolute atomic E-state index is 0.0325. The molecule has 1 N–H and O–H groups in total. The van der Waals surface area contributed by atoms with Crippen molar-refractivity contribution in [3.05, 3.63) is 89.0 Å². The van der Waals surface area contributed by atoms with Gasteiger partial charge in [0, 0.05) is 35.3 Å². The summed E-state index contributed by atoms with van der Waals surface area (Å²) in [5, 5.41) is 3.39. The van der Waals surface area contributed by atoms with E-state index < -0.39 is 9.04 Å². The largest absolute Gasteiger partial charge is 0.457 e. The fraction of sp³-hybridized carbons (Fsp3) is 0.568. The second kappa shape index (κ2) is 16.4. The number of carbonyl (C=O) groups excluding carboxylic acids is 1. The SMILES string of the molecule is C[Si](C)OC(CCCC(CCc1ccc(C(C)(C)C)c(NC(=O)CC2c3ccccc3Oc3ccccc32)c1)C(C)(C)C)C1CCCCC1. The summed E-state index contributed by atoms with van der Waals surface area (Å²) in [6, 6.07) is 23.0. The molecule has 4 nitrogen and oxygen atoms in total. The third-order valence-electron chi connectivity index (χ3n) is 11.0. The Morgan fingerprint density at radius 3 is 2.08 bits per heavy atom. The average molecular weight is 681 g/mol. The first-order chi connectivity index (χ1) is 23.3. The van der Waals surface area contributed by atoms with Gasteiger partial charge >= 0.3 is 0 Å². The first kappa shape index (κ1) is 37.4. The van der Waals surface area contributed by atoms with Crippen LogP contribution < -0.4 is 10.1 Å². The van der Waals surface area contributed by atoms with Crippen LogP contribution in [0.5, 0.6) is 11.5 Å². The minimum atomic E-state index is -0.702. The average Bonchev–Trinajstić information content (AvgIpc) is 3.05. The van der Waals surface area contributed by atoms with E-state index >= 15 is 0 Å². The zero-order valence-electron chi connectivity index (χ0n) is 31.7. The number of amides is 1. The number of ether oxygens (including phenoxy) is 1. The Balaban J connectivity index is 1.27. The molecule has 1 aliphatic heterocycles. The number of para-hydroxylation sites is 2. The van der Waals surface area contributed by atoms with E-state index in [1.807, 2.05) is 36.4 Å². The Morgan fingerprint density at radius 1 is 0.857 bits per heavy atom. The Labute approximate surface area is 299 Å². The van der Waals surface area contributed by atoms with Crippen molar-refractivity contribution in [1.82, 2.24) is 0 Å². The number of benzene rings is 3. The molecular weight excluding hydrogens is 619 g/mol. The zero-order chi connectivity index (χ0) is 35.2. The van der Waals surface area contributed by atoms with Crippen molar-refractivity contribution in [3.8, 4) is 11.5 Å². The Kier molecular flexibility index (Phi) is 12.5. The van der Waals surface area contributed by atoms with Gasteiger partial charge in [-0.2, -0.15) is 0 Å². The molecule has 1 aliphatic carbocycles. The number of carbonyl (C=O) groups is 1. The number of hydrogen-bond acceptors (Lipinski definition) is 3. The quantitative estimate of drug-likeness (QED) is 0.183. The van der Waals surface area contributed by atoms with Crippen molar-refractivity contribution < 1.29 is 14.0 Å². The highest BCUT2D eigenvalue weighted by atomic mass is 28.3. The molecule has 0 bridgehead atoms. The van der Waals surface area contributed by atoms with E-state index in [1.54, 1.807) is 0 Å². The molecule has 3 aromatic carbocycles. The molecule has 2 atom stereocenters. The van der Waals surface area contributed by atoms with E-state index in [4.69, 9.17) is 9.16 Å². The zero-order valence-corrected chi connectivity index (χ0v) is 32.7. The third-order valence-corrected chi connectivity index (χ3v) is 11.7. The molecule has 1 fully saturated rings. The molecule has 1 heterocycles. The number of anilines is 1. The molecule has 1 amide bonds. The summed E-state index contributed by atoms with van der Waals surface area (Å²) >= 11 is 0. The normalized spacial score (nSPS) is 16.8. The van der Waals surface area contributed by atoms with Crippen LogP contribution in [0.2, 0.25) is 13.1 Å². The first-order valence-corrected chi connectivity index (χ1v) is 21.5. The molecule has 1 saturated carbocycles. The van der Waals surface area contributed by atoms with Gasteiger partial charge in [-0.1, -0.05) is 116 Å². The summed E-state index contributed by atoms with van der Waals surface area (Å²) in [6.45, 7) is 18.5. The van der Waals surface area contributed by atoms with Gasteiger partial charge in [-0.05, 0) is 104 Å². The second-order valence-corrected chi connectivity index (χ2v) is 19.2. The predicted molar refractivity (Wildman–Crippen MR) is 207 cm³/mol. The smallest absolute Gasteiger partial charge is 0.225 e. The van der Waals surface area contributed by atoms with Crippen LogP contribution in [0.15, 0.2) is 66.7 Å². The molecular formula is C44H62NO3Si. The first-order valence-electron chi connectivity index (χ1n) is 19.1. The highest BCUT2D eigenvalue weighted by Gasteiger charge is 2.31. The molecule has 0 spiro atoms. The van der Waals surface area contributed by atoms with Gasteiger partial charge in [0.2, 0.25) is 14.9 Å². The Bertz CT molecular complexity index is 1480. The summed E-state index contributed by atoms with van der Waals surface area (Å²) in [5.74, 6) is 3.03. The molecule has 0 saturated heterocycles. The second-order valence-electron chi connectivity index (χ2n) is 17.1. The lowest BCUT2D eigenvalue weighted by atomic mass is 9.74. The van der Waals surface area contributed by atoms with Gasteiger partial charge in [0.15, 0.2) is 0 Å². The van der Waals surface area contributed by atoms with Crippen molar-refractivity contribution in [1.29, 1.82) is 0 Å². The summed E-state index contributed by atoms with van der Waals surface area (Å²) in [7, 11) is -0.702. The molecule has 5 rings (SSSR count). The Hall–Kier alpha value is -2.89. The van der Waals surface area contributed by atoms with Gasteiger partial charge in [0.05, 0.1) is 0 Å². The Morgan fingerprint density at radius 2 is 1.49 bits per heavy atom. The van der Waals surface area contributed by atoms with Gasteiger partial charge in [-0.3, -0.25) is 4.79 Å². The van der Waals surface area contributed by atoms with E-state index in [9.17, 15) is 4.79 Å². The highest BCUT2D eigenvalue weighted by Crippen LogP contribution is 2.46. The van der Waals surface area contributed by atoms with E-state index in [-0.39, 0.29) is 22.7 Å². The number of nitrogens with one attached hydrogen (secondary N) is 1. The van der Waals surface area contributed by atoms with Gasteiger partial charge in [0.25, 0.3) is 0 Å². The molecule has 0 aromatic heterocycles. The van der Waals surface area contributed by atoms with E-state index in [1.165, 1.54) is 62.5 Å². The van der Waals surface area contributed by atoms with Crippen molar-refractivity contribution in [2.24, 2.45) is 17.3 Å². The predicted octanol–water partition coefficient (Wildman–Crippen LogP) is 12.2. The highest BCUT2D eigenvalue weighted by molar-refractivity contribution is 6.48. The van der Waals surface area contributed by atoms with Crippen molar-refractivity contribution in [2.75, 3.05) is 5.32 Å². The summed E-state index contributed by atoms with van der Waals surface area (Å²) < 4.78 is 12.8. The summed E-state index contributed by atoms with van der Waals surface area (Å²) in [5.41, 5.74) is 5.69. The van der Waals surface area contributed by atoms with E-state index in [2.05, 4.69) is 90.3 Å². The summed E-state index contributed by atoms with van der Waals surface area (Å²) in [6.07, 6.45) is 13.5. The maximum absolute atomic E-state index is 13.9. The van der Waals surface area contributed by atoms with Crippen LogP contribution in [0.1, 0.15) is 134 Å². The molecule has 5 heteroatoms. The molecule has 265 valence electrons. The standard InChI is InChI=1S/C44H62NO3Si/c1-43(2,3)33(19-16-24-39(48-49(7)8)32-17-10-9-11-18-32)27-25-31-26-28-37(44(4,5)6)38(29-31)45-42(46)30-36-34-20-12-14-22-40(34)47-41-23-15-13-21-35(36)41/h12-15,20-23,26,28-29,32-33,36,39H,9-11,16-19,24-25,27,30H2,1-8H3,(H,45,46). The van der Waals surface area contributed by atoms with Crippen LogP contribution in [0, 0.1) is 17.3 Å². The third kappa shape index (κ3) is 10.1. The molecule has 1 radical (unpaired) electrons. The summed E-state index contributed by atoms with van der Waals surface area (Å²) in [4.78, 5) is 13.9. The minimum Gasteiger partial charge on any atom is -0.457 e. The fourth-order valence-corrected chi connectivity index (χ4v) is 9.15. The van der Waals surface area contributed by atoms with Gasteiger partial charge in [-0.25, -0.2) is 0 Å². The van der Waals surface area contributed by atoms with Gasteiger partial charge in [-0.15, -0.1) is 0 Å². The monoisotopic (exact) mass is 680 g/mol. The molecule has 49 heavy (non-hydrogen) atoms. The van der Waals surface area contributed by atoms with Crippen molar-refractivity contribution in [3.63, 3.8) is 0 Å². The van der Waals surface area contributed by atoms with Crippen LogP contribution >= 0.6 is 0 Å². The van der Waals surface area contributed by atoms with Gasteiger partial charge in [0.1, 0.15) is 11.5 Å². The fourth-order valence-electron chi connectivity index (χ4n) is 8.24. The molecule has 2 aliphatic rings. The van der Waals surface area contributed by atoms with Gasteiger partial charge < -0.3 is 14.5 Å². The number of aryl methyl sites for hydroxylation is 1. The lowest BCUT2D eigenvalue weighted by Crippen LogP contribution is -2.30. The van der Waals surface area contributed by atoms with E-state index in [0.717, 1.165) is 47.1 Å². The number of rotatable bonds is 13. The van der Waals surface area contributed by atoms with Crippen LogP contribution in [-0.2, 0) is 21.1 Å². The maximum Gasteiger partial charge on any atom is 0.225 e. The van der Waals surface area contributed by atoms with Crippen LogP contribution in [0.3, 0.4) is 0 Å². The van der Waals surface area contributed by atoms with E-state index in [0.29, 0.717) is 18.4 Å².